The number of nitrogens with one attached hydrogen (secondary N) is 1. The van der Waals surface area contributed by atoms with Crippen LogP contribution >= 0.6 is 0 Å². The van der Waals surface area contributed by atoms with Crippen LogP contribution in [0.1, 0.15) is 18.1 Å². The van der Waals surface area contributed by atoms with E-state index in [4.69, 9.17) is 9.47 Å². The van der Waals surface area contributed by atoms with E-state index in [-0.39, 0.29) is 0 Å². The number of benzene rings is 2. The monoisotopic (exact) mass is 285 g/mol. The fraction of sp³-hybridized carbons (Fsp3) is 0.333. The van der Waals surface area contributed by atoms with Crippen molar-refractivity contribution in [1.29, 1.82) is 0 Å². The molecule has 2 rings (SSSR count). The minimum atomic E-state index is 0.679. The topological polar surface area (TPSA) is 30.5 Å². The van der Waals surface area contributed by atoms with E-state index in [1.807, 2.05) is 24.3 Å². The summed E-state index contributed by atoms with van der Waals surface area (Å²) < 4.78 is 10.9. The van der Waals surface area contributed by atoms with Crippen molar-refractivity contribution in [3.05, 3.63) is 59.7 Å². The molecule has 21 heavy (non-hydrogen) atoms. The lowest BCUT2D eigenvalue weighted by atomic mass is 10.1. The van der Waals surface area contributed by atoms with Crippen LogP contribution in [-0.2, 0) is 13.0 Å². The first-order chi connectivity index (χ1) is 10.3. The molecule has 0 aliphatic rings. The van der Waals surface area contributed by atoms with Gasteiger partial charge in [-0.15, -0.1) is 0 Å². The zero-order chi connectivity index (χ0) is 14.9. The first-order valence-electron chi connectivity index (χ1n) is 7.37. The van der Waals surface area contributed by atoms with Crippen molar-refractivity contribution in [3.8, 4) is 11.5 Å². The quantitative estimate of drug-likeness (QED) is 0.806. The average Bonchev–Trinajstić information content (AvgIpc) is 2.55. The van der Waals surface area contributed by atoms with E-state index in [1.54, 1.807) is 7.11 Å². The number of ether oxygens (including phenoxy) is 2. The summed E-state index contributed by atoms with van der Waals surface area (Å²) in [7, 11) is 1.68. The van der Waals surface area contributed by atoms with Gasteiger partial charge in [0.2, 0.25) is 0 Å². The molecule has 0 spiro atoms. The van der Waals surface area contributed by atoms with Gasteiger partial charge in [-0.1, -0.05) is 31.2 Å². The molecule has 0 fully saturated rings. The summed E-state index contributed by atoms with van der Waals surface area (Å²) in [5.74, 6) is 1.81. The normalized spacial score (nSPS) is 10.4. The molecule has 3 nitrogen and oxygen atoms in total. The van der Waals surface area contributed by atoms with Gasteiger partial charge in [0.15, 0.2) is 0 Å². The lowest BCUT2D eigenvalue weighted by Crippen LogP contribution is -2.11. The third-order valence-electron chi connectivity index (χ3n) is 3.32. The Kier molecular flexibility index (Phi) is 6.10. The van der Waals surface area contributed by atoms with Gasteiger partial charge in [-0.3, -0.25) is 0 Å². The van der Waals surface area contributed by atoms with Gasteiger partial charge in [0.05, 0.1) is 13.7 Å². The lowest BCUT2D eigenvalue weighted by Gasteiger charge is -2.08. The van der Waals surface area contributed by atoms with Gasteiger partial charge < -0.3 is 14.8 Å². The smallest absolute Gasteiger partial charge is 0.119 e. The molecule has 0 saturated heterocycles. The third-order valence-corrected chi connectivity index (χ3v) is 3.32. The van der Waals surface area contributed by atoms with Gasteiger partial charge in [-0.2, -0.15) is 0 Å². The van der Waals surface area contributed by atoms with Crippen molar-refractivity contribution in [2.75, 3.05) is 20.3 Å². The van der Waals surface area contributed by atoms with Crippen LogP contribution in [0.5, 0.6) is 11.5 Å². The average molecular weight is 285 g/mol. The first-order valence-corrected chi connectivity index (χ1v) is 7.37. The SMILES string of the molecule is CCNCc1ccc(OCCc2ccc(OC)cc2)cc1. The van der Waals surface area contributed by atoms with Gasteiger partial charge in [0.25, 0.3) is 0 Å². The summed E-state index contributed by atoms with van der Waals surface area (Å²) in [5.41, 5.74) is 2.53. The maximum absolute atomic E-state index is 5.77. The van der Waals surface area contributed by atoms with Crippen molar-refractivity contribution in [1.82, 2.24) is 5.32 Å². The summed E-state index contributed by atoms with van der Waals surface area (Å²) in [6, 6.07) is 16.4. The lowest BCUT2D eigenvalue weighted by molar-refractivity contribution is 0.321. The largest absolute Gasteiger partial charge is 0.497 e. The van der Waals surface area contributed by atoms with Crippen molar-refractivity contribution in [2.45, 2.75) is 19.9 Å². The summed E-state index contributed by atoms with van der Waals surface area (Å²) in [4.78, 5) is 0. The van der Waals surface area contributed by atoms with Crippen LogP contribution in [0, 0.1) is 0 Å². The standard InChI is InChI=1S/C18H23NO2/c1-3-19-14-16-6-10-18(11-7-16)21-13-12-15-4-8-17(20-2)9-5-15/h4-11,19H,3,12-14H2,1-2H3. The molecule has 0 unspecified atom stereocenters. The van der Waals surface area contributed by atoms with Crippen molar-refractivity contribution in [3.63, 3.8) is 0 Å². The third kappa shape index (κ3) is 5.12. The Morgan fingerprint density at radius 3 is 2.10 bits per heavy atom. The van der Waals surface area contributed by atoms with Crippen LogP contribution in [-0.4, -0.2) is 20.3 Å². The van der Waals surface area contributed by atoms with Crippen LogP contribution in [0.3, 0.4) is 0 Å². The minimum Gasteiger partial charge on any atom is -0.497 e. The molecule has 0 aromatic heterocycles. The van der Waals surface area contributed by atoms with E-state index >= 15 is 0 Å². The zero-order valence-corrected chi connectivity index (χ0v) is 12.8. The molecule has 0 amide bonds. The van der Waals surface area contributed by atoms with Gasteiger partial charge in [-0.25, -0.2) is 0 Å². The molecule has 0 aliphatic carbocycles. The van der Waals surface area contributed by atoms with Crippen molar-refractivity contribution in [2.24, 2.45) is 0 Å². The maximum Gasteiger partial charge on any atom is 0.119 e. The number of methoxy groups -OCH3 is 1. The molecule has 0 atom stereocenters. The van der Waals surface area contributed by atoms with Gasteiger partial charge in [0.1, 0.15) is 11.5 Å². The Hall–Kier alpha value is -2.00. The Morgan fingerprint density at radius 1 is 0.857 bits per heavy atom. The molecular formula is C18H23NO2. The predicted molar refractivity (Wildman–Crippen MR) is 86.0 cm³/mol. The molecule has 2 aromatic rings. The van der Waals surface area contributed by atoms with Crippen molar-refractivity contribution < 1.29 is 9.47 Å². The Labute approximate surface area is 126 Å². The maximum atomic E-state index is 5.77. The molecule has 0 bridgehead atoms. The summed E-state index contributed by atoms with van der Waals surface area (Å²) in [6.07, 6.45) is 0.892. The van der Waals surface area contributed by atoms with Crippen LogP contribution in [0.25, 0.3) is 0 Å². The second-order valence-corrected chi connectivity index (χ2v) is 4.87. The second kappa shape index (κ2) is 8.32. The van der Waals surface area contributed by atoms with Crippen LogP contribution in [0.4, 0.5) is 0 Å². The van der Waals surface area contributed by atoms with Crippen LogP contribution in [0.2, 0.25) is 0 Å². The molecule has 0 aliphatic heterocycles. The van der Waals surface area contributed by atoms with Crippen molar-refractivity contribution >= 4 is 0 Å². The Bertz CT molecular complexity index is 520. The molecule has 3 heteroatoms. The van der Waals surface area contributed by atoms with E-state index in [2.05, 4.69) is 36.5 Å². The van der Waals surface area contributed by atoms with E-state index in [1.165, 1.54) is 11.1 Å². The van der Waals surface area contributed by atoms with Crippen LogP contribution < -0.4 is 14.8 Å². The van der Waals surface area contributed by atoms with Gasteiger partial charge in [-0.05, 0) is 41.9 Å². The Balaban J connectivity index is 1.77. The molecule has 112 valence electrons. The molecular weight excluding hydrogens is 262 g/mol. The van der Waals surface area contributed by atoms with E-state index < -0.39 is 0 Å². The minimum absolute atomic E-state index is 0.679. The van der Waals surface area contributed by atoms with Crippen LogP contribution in [0.15, 0.2) is 48.5 Å². The number of hydrogen-bond acceptors (Lipinski definition) is 3. The molecule has 2 aromatic carbocycles. The highest BCUT2D eigenvalue weighted by Gasteiger charge is 1.98. The molecule has 0 heterocycles. The van der Waals surface area contributed by atoms with Gasteiger partial charge >= 0.3 is 0 Å². The summed E-state index contributed by atoms with van der Waals surface area (Å²) in [5, 5.41) is 3.31. The first kappa shape index (κ1) is 15.4. The van der Waals surface area contributed by atoms with E-state index in [9.17, 15) is 0 Å². The zero-order valence-electron chi connectivity index (χ0n) is 12.8. The molecule has 0 radical (unpaired) electrons. The summed E-state index contributed by atoms with van der Waals surface area (Å²) >= 11 is 0. The highest BCUT2D eigenvalue weighted by molar-refractivity contribution is 5.28. The number of rotatable bonds is 8. The predicted octanol–water partition coefficient (Wildman–Crippen LogP) is 3.43. The fourth-order valence-corrected chi connectivity index (χ4v) is 2.05. The van der Waals surface area contributed by atoms with E-state index in [0.29, 0.717) is 6.61 Å². The van der Waals surface area contributed by atoms with Gasteiger partial charge in [0, 0.05) is 13.0 Å². The Morgan fingerprint density at radius 2 is 1.48 bits per heavy atom. The summed E-state index contributed by atoms with van der Waals surface area (Å²) in [6.45, 7) is 4.68. The molecule has 0 saturated carbocycles. The highest BCUT2D eigenvalue weighted by Crippen LogP contribution is 2.14. The van der Waals surface area contributed by atoms with E-state index in [0.717, 1.165) is 31.0 Å². The second-order valence-electron chi connectivity index (χ2n) is 4.87. The fourth-order valence-electron chi connectivity index (χ4n) is 2.05. The number of hydrogen-bond donors (Lipinski definition) is 1. The molecule has 1 N–H and O–H groups in total. The highest BCUT2D eigenvalue weighted by atomic mass is 16.5.